The number of hydrogen-bond acceptors (Lipinski definition) is 9. The lowest BCUT2D eigenvalue weighted by atomic mass is 10.0. The van der Waals surface area contributed by atoms with Crippen LogP contribution in [0, 0.1) is 0 Å². The van der Waals surface area contributed by atoms with Crippen molar-refractivity contribution in [2.24, 2.45) is 0 Å². The molecule has 0 aliphatic carbocycles. The highest BCUT2D eigenvalue weighted by Gasteiger charge is 2.55. The first-order valence-corrected chi connectivity index (χ1v) is 21.6. The van der Waals surface area contributed by atoms with Crippen molar-refractivity contribution in [2.45, 2.75) is 0 Å². The van der Waals surface area contributed by atoms with Gasteiger partial charge in [0.15, 0.2) is 11.1 Å². The average Bonchev–Trinajstić information content (AvgIpc) is 3.18. The monoisotopic (exact) mass is 748 g/mol. The Morgan fingerprint density at radius 2 is 0.885 bits per heavy atom. The molecule has 3 aliphatic heterocycles. The number of para-hydroxylation sites is 3. The van der Waals surface area contributed by atoms with Gasteiger partial charge in [0.05, 0.1) is 36.9 Å². The first-order valence-electron chi connectivity index (χ1n) is 16.9. The smallest absolute Gasteiger partial charge is 0.421 e. The van der Waals surface area contributed by atoms with Crippen LogP contribution in [0.2, 0.25) is 0 Å². The maximum Gasteiger partial charge on any atom is 0.429 e. The van der Waals surface area contributed by atoms with Crippen LogP contribution in [0.15, 0.2) is 146 Å². The second-order valence-electron chi connectivity index (χ2n) is 12.5. The molecule has 3 aliphatic rings. The Kier molecular flexibility index (Phi) is 8.41. The number of fused-ring (bicyclic) bond motifs is 9. The SMILES string of the molecule is O=P1(OCCN(CCOP2(=O)Oc3ccccc3-c3ccccc32)[P+]2(O)Oc3ccccc3-c3ccccc32)Oc2ccccc2-c2ccccc21. The number of rotatable bonds is 9. The molecule has 6 aromatic carbocycles. The molecule has 0 fully saturated rings. The van der Waals surface area contributed by atoms with E-state index in [2.05, 4.69) is 0 Å². The summed E-state index contributed by atoms with van der Waals surface area (Å²) in [6.07, 6.45) is 0. The highest BCUT2D eigenvalue weighted by Crippen LogP contribution is 2.64. The van der Waals surface area contributed by atoms with Crippen LogP contribution in [0.3, 0.4) is 0 Å². The summed E-state index contributed by atoms with van der Waals surface area (Å²) in [6, 6.07) is 44.7. The minimum absolute atomic E-state index is 0.0753. The van der Waals surface area contributed by atoms with E-state index in [-0.39, 0.29) is 26.3 Å². The summed E-state index contributed by atoms with van der Waals surface area (Å²) in [5.74, 6) is 1.48. The minimum atomic E-state index is -3.83. The summed E-state index contributed by atoms with van der Waals surface area (Å²) >= 11 is 0. The van der Waals surface area contributed by atoms with Gasteiger partial charge in [0, 0.05) is 33.4 Å². The summed E-state index contributed by atoms with van der Waals surface area (Å²) in [4.78, 5) is 12.7. The molecule has 3 heterocycles. The van der Waals surface area contributed by atoms with Crippen LogP contribution in [0.1, 0.15) is 0 Å². The quantitative estimate of drug-likeness (QED) is 0.146. The number of benzene rings is 6. The van der Waals surface area contributed by atoms with Crippen LogP contribution in [0.4, 0.5) is 0 Å². The second kappa shape index (κ2) is 13.1. The molecular formula is C40H33NO8P3+. The molecule has 260 valence electrons. The van der Waals surface area contributed by atoms with E-state index >= 15 is 0 Å². The van der Waals surface area contributed by atoms with Crippen molar-refractivity contribution < 1.29 is 36.6 Å². The third-order valence-corrected chi connectivity index (χ3v) is 15.9. The predicted molar refractivity (Wildman–Crippen MR) is 204 cm³/mol. The van der Waals surface area contributed by atoms with Crippen molar-refractivity contribution in [3.8, 4) is 50.6 Å². The van der Waals surface area contributed by atoms with E-state index < -0.39 is 23.1 Å². The maximum absolute atomic E-state index is 14.5. The van der Waals surface area contributed by atoms with Crippen LogP contribution in [0.5, 0.6) is 17.2 Å². The molecule has 52 heavy (non-hydrogen) atoms. The zero-order valence-corrected chi connectivity index (χ0v) is 30.5. The zero-order valence-electron chi connectivity index (χ0n) is 27.8. The van der Waals surface area contributed by atoms with Gasteiger partial charge in [-0.1, -0.05) is 103 Å². The van der Waals surface area contributed by atoms with E-state index in [4.69, 9.17) is 22.6 Å². The molecule has 3 unspecified atom stereocenters. The van der Waals surface area contributed by atoms with E-state index in [0.29, 0.717) is 33.2 Å². The van der Waals surface area contributed by atoms with Gasteiger partial charge in [-0.05, 0) is 42.5 Å². The Morgan fingerprint density at radius 3 is 1.40 bits per heavy atom. The molecule has 0 radical (unpaired) electrons. The molecule has 0 aromatic heterocycles. The summed E-state index contributed by atoms with van der Waals surface area (Å²) in [7, 11) is -11.3. The lowest BCUT2D eigenvalue weighted by Gasteiger charge is -2.34. The third kappa shape index (κ3) is 5.62. The second-order valence-corrected chi connectivity index (χ2v) is 18.6. The Labute approximate surface area is 302 Å². The molecular weight excluding hydrogens is 715 g/mol. The van der Waals surface area contributed by atoms with Gasteiger partial charge >= 0.3 is 23.1 Å². The Morgan fingerprint density at radius 1 is 0.500 bits per heavy atom. The van der Waals surface area contributed by atoms with Gasteiger partial charge in [-0.3, -0.25) is 13.6 Å². The van der Waals surface area contributed by atoms with Crippen LogP contribution in [-0.2, 0) is 18.2 Å². The molecule has 0 amide bonds. The van der Waals surface area contributed by atoms with Crippen LogP contribution in [-0.4, -0.2) is 35.9 Å². The predicted octanol–water partition coefficient (Wildman–Crippen LogP) is 8.62. The molecule has 1 N–H and O–H groups in total. The molecule has 0 saturated heterocycles. The molecule has 6 aromatic rings. The summed E-state index contributed by atoms with van der Waals surface area (Å²) in [6.45, 7) is -0.0287. The topological polar surface area (TPSA) is 104 Å². The number of hydrogen-bond donors (Lipinski definition) is 1. The molecule has 0 spiro atoms. The maximum atomic E-state index is 14.5. The van der Waals surface area contributed by atoms with E-state index in [1.807, 2.05) is 109 Å². The Hall–Kier alpha value is -4.55. The van der Waals surface area contributed by atoms with Crippen LogP contribution < -0.4 is 29.5 Å². The van der Waals surface area contributed by atoms with Gasteiger partial charge in [-0.25, -0.2) is 9.13 Å². The first kappa shape index (κ1) is 33.3. The molecule has 0 bridgehead atoms. The van der Waals surface area contributed by atoms with Gasteiger partial charge in [-0.2, -0.15) is 4.89 Å². The Balaban J connectivity index is 1.02. The van der Waals surface area contributed by atoms with Crippen molar-refractivity contribution in [3.63, 3.8) is 0 Å². The van der Waals surface area contributed by atoms with Gasteiger partial charge in [0.25, 0.3) is 0 Å². The van der Waals surface area contributed by atoms with E-state index in [0.717, 1.165) is 33.4 Å². The highest BCUT2D eigenvalue weighted by atomic mass is 31.2. The Bertz CT molecular complexity index is 2320. The van der Waals surface area contributed by atoms with Gasteiger partial charge in [0.1, 0.15) is 11.5 Å². The lowest BCUT2D eigenvalue weighted by Crippen LogP contribution is -2.40. The largest absolute Gasteiger partial charge is 0.429 e. The van der Waals surface area contributed by atoms with E-state index in [9.17, 15) is 14.0 Å². The summed E-state index contributed by atoms with van der Waals surface area (Å²) in [5, 5.41) is 1.56. The molecule has 0 saturated carbocycles. The average molecular weight is 749 g/mol. The summed E-state index contributed by atoms with van der Waals surface area (Å²) in [5.41, 5.74) is 4.94. The van der Waals surface area contributed by atoms with Gasteiger partial charge in [-0.15, -0.1) is 4.67 Å². The third-order valence-electron chi connectivity index (χ3n) is 9.42. The standard InChI is InChI=1S/C40H33NO8P3/c42-50(38-22-10-4-16-32(38)29-13-1-7-19-35(29)47-50)41(25-27-45-51(43)39-23-11-5-17-33(39)30-14-2-8-20-36(30)48-51)26-28-46-52(44)40-24-12-6-18-34(40)31-15-3-9-21-37(31)49-52/h1-24,42H,25-28H2/q+1. The fraction of sp³-hybridized carbons (Fsp3) is 0.100. The van der Waals surface area contributed by atoms with Crippen LogP contribution in [0.25, 0.3) is 33.4 Å². The van der Waals surface area contributed by atoms with E-state index in [1.165, 1.54) is 0 Å². The molecule has 12 heteroatoms. The van der Waals surface area contributed by atoms with Crippen molar-refractivity contribution in [3.05, 3.63) is 146 Å². The van der Waals surface area contributed by atoms with E-state index in [1.54, 1.807) is 41.1 Å². The molecule has 3 atom stereocenters. The van der Waals surface area contributed by atoms with Crippen LogP contribution >= 0.6 is 23.1 Å². The van der Waals surface area contributed by atoms with Crippen molar-refractivity contribution in [2.75, 3.05) is 26.3 Å². The van der Waals surface area contributed by atoms with Gasteiger partial charge < -0.3 is 9.05 Å². The van der Waals surface area contributed by atoms with Crippen molar-refractivity contribution in [1.82, 2.24) is 4.67 Å². The van der Waals surface area contributed by atoms with Crippen molar-refractivity contribution >= 4 is 39.0 Å². The molecule has 9 nitrogen and oxygen atoms in total. The zero-order chi connectivity index (χ0) is 35.3. The van der Waals surface area contributed by atoms with Gasteiger partial charge in [0.2, 0.25) is 0 Å². The fourth-order valence-electron chi connectivity index (χ4n) is 7.00. The minimum Gasteiger partial charge on any atom is -0.421 e. The van der Waals surface area contributed by atoms with Crippen molar-refractivity contribution in [1.29, 1.82) is 0 Å². The fourth-order valence-corrected chi connectivity index (χ4v) is 13.0. The molecule has 9 rings (SSSR count). The normalized spacial score (nSPS) is 21.9. The highest BCUT2D eigenvalue weighted by molar-refractivity contribution is 7.71. The number of nitrogens with zero attached hydrogens (tertiary/aromatic N) is 1. The first-order chi connectivity index (χ1) is 25.4. The lowest BCUT2D eigenvalue weighted by molar-refractivity contribution is 0.203. The summed E-state index contributed by atoms with van der Waals surface area (Å²) < 4.78 is 61.8.